The highest BCUT2D eigenvalue weighted by Gasteiger charge is 1.93. The number of hydrogen-bond donors (Lipinski definition) is 1. The molecule has 2 radical (unpaired) electrons. The van der Waals surface area contributed by atoms with Crippen molar-refractivity contribution in [3.63, 3.8) is 0 Å². The van der Waals surface area contributed by atoms with E-state index in [1.807, 2.05) is 6.92 Å². The van der Waals surface area contributed by atoms with E-state index in [1.165, 1.54) is 0 Å². The first-order valence-electron chi connectivity index (χ1n) is 2.96. The van der Waals surface area contributed by atoms with Gasteiger partial charge in [0.2, 0.25) is 0 Å². The molecule has 0 saturated heterocycles. The van der Waals surface area contributed by atoms with Crippen LogP contribution in [0.2, 0.25) is 0 Å². The van der Waals surface area contributed by atoms with Crippen molar-refractivity contribution < 1.29 is 4.74 Å². The summed E-state index contributed by atoms with van der Waals surface area (Å²) in [4.78, 5) is 0. The van der Waals surface area contributed by atoms with Crippen molar-refractivity contribution >= 4 is 7.98 Å². The highest BCUT2D eigenvalue weighted by atomic mass is 16.5. The summed E-state index contributed by atoms with van der Waals surface area (Å²) in [6.45, 7) is 6.67. The highest BCUT2D eigenvalue weighted by Crippen LogP contribution is 1.81. The molecule has 0 unspecified atom stereocenters. The predicted octanol–water partition coefficient (Wildman–Crippen LogP) is 0.251. The van der Waals surface area contributed by atoms with Crippen molar-refractivity contribution in [3.05, 3.63) is 12.7 Å². The Hall–Kier alpha value is -0.275. The fourth-order valence-electron chi connectivity index (χ4n) is 0.376. The van der Waals surface area contributed by atoms with Crippen molar-refractivity contribution in [2.75, 3.05) is 13.2 Å². The fraction of sp³-hybridized carbons (Fsp3) is 0.667. The lowest BCUT2D eigenvalue weighted by Gasteiger charge is -2.08. The van der Waals surface area contributed by atoms with Crippen molar-refractivity contribution in [2.45, 2.75) is 13.0 Å². The molecule has 0 spiro atoms. The number of hydrogen-bond acceptors (Lipinski definition) is 2. The van der Waals surface area contributed by atoms with Crippen LogP contribution in [0.25, 0.3) is 0 Å². The SMILES string of the molecule is [B]N[C@H](C)COCC=C. The summed E-state index contributed by atoms with van der Waals surface area (Å²) < 4.78 is 5.07. The normalized spacial score (nSPS) is 13.0. The third kappa shape index (κ3) is 5.60. The van der Waals surface area contributed by atoms with Crippen LogP contribution in [0.4, 0.5) is 0 Å². The summed E-state index contributed by atoms with van der Waals surface area (Å²) in [5.41, 5.74) is 0. The Kier molecular flexibility index (Phi) is 5.68. The van der Waals surface area contributed by atoms with Crippen LogP contribution in [0.1, 0.15) is 6.92 Å². The largest absolute Gasteiger partial charge is 0.376 e. The molecule has 0 aromatic rings. The second-order valence-corrected chi connectivity index (χ2v) is 1.89. The molecule has 0 aromatic carbocycles. The topological polar surface area (TPSA) is 21.3 Å². The van der Waals surface area contributed by atoms with Crippen LogP contribution in [0, 0.1) is 0 Å². The van der Waals surface area contributed by atoms with Gasteiger partial charge in [-0.2, -0.15) is 0 Å². The second-order valence-electron chi connectivity index (χ2n) is 1.89. The number of nitrogens with one attached hydrogen (secondary N) is 1. The maximum Gasteiger partial charge on any atom is 0.178 e. The van der Waals surface area contributed by atoms with Crippen molar-refractivity contribution in [2.24, 2.45) is 0 Å². The van der Waals surface area contributed by atoms with Gasteiger partial charge in [-0.15, -0.1) is 6.58 Å². The van der Waals surface area contributed by atoms with Gasteiger partial charge in [-0.3, -0.25) is 0 Å². The lowest BCUT2D eigenvalue weighted by atomic mass is 10.3. The first-order valence-corrected chi connectivity index (χ1v) is 2.96. The molecule has 1 N–H and O–H groups in total. The molecule has 0 bridgehead atoms. The fourth-order valence-corrected chi connectivity index (χ4v) is 0.376. The van der Waals surface area contributed by atoms with E-state index >= 15 is 0 Å². The van der Waals surface area contributed by atoms with Gasteiger partial charge in [-0.25, -0.2) is 0 Å². The van der Waals surface area contributed by atoms with Gasteiger partial charge in [0, 0.05) is 6.04 Å². The molecule has 3 heteroatoms. The van der Waals surface area contributed by atoms with Crippen LogP contribution in [-0.2, 0) is 4.74 Å². The van der Waals surface area contributed by atoms with Crippen LogP contribution >= 0.6 is 0 Å². The minimum atomic E-state index is 0.213. The Balaban J connectivity index is 2.96. The average molecular weight is 125 g/mol. The zero-order valence-electron chi connectivity index (χ0n) is 5.76. The third-order valence-electron chi connectivity index (χ3n) is 0.888. The molecule has 50 valence electrons. The molecule has 0 saturated carbocycles. The molecular weight excluding hydrogens is 113 g/mol. The Bertz CT molecular complexity index is 77.5. The maximum atomic E-state index is 5.10. The van der Waals surface area contributed by atoms with E-state index in [0.717, 1.165) is 0 Å². The van der Waals surface area contributed by atoms with Gasteiger partial charge < -0.3 is 9.96 Å². The van der Waals surface area contributed by atoms with Crippen LogP contribution in [0.15, 0.2) is 12.7 Å². The Morgan fingerprint density at radius 3 is 3.00 bits per heavy atom. The minimum Gasteiger partial charge on any atom is -0.376 e. The summed E-state index contributed by atoms with van der Waals surface area (Å²) in [6.07, 6.45) is 1.71. The second kappa shape index (κ2) is 5.85. The monoisotopic (exact) mass is 125 g/mol. The molecule has 0 aliphatic rings. The van der Waals surface area contributed by atoms with Crippen LogP contribution in [-0.4, -0.2) is 27.2 Å². The van der Waals surface area contributed by atoms with E-state index in [9.17, 15) is 0 Å². The van der Waals surface area contributed by atoms with Gasteiger partial charge >= 0.3 is 0 Å². The Morgan fingerprint density at radius 1 is 1.89 bits per heavy atom. The maximum absolute atomic E-state index is 5.10. The molecule has 0 aliphatic carbocycles. The van der Waals surface area contributed by atoms with Gasteiger partial charge in [0.25, 0.3) is 0 Å². The van der Waals surface area contributed by atoms with E-state index < -0.39 is 0 Å². The standard InChI is InChI=1S/C6H12BNO/c1-3-4-9-5-6(2)8-7/h3,6,8H,1,4-5H2,2H3/t6-/m1/s1. The predicted molar refractivity (Wildman–Crippen MR) is 39.4 cm³/mol. The van der Waals surface area contributed by atoms with Gasteiger partial charge in [-0.1, -0.05) is 6.08 Å². The van der Waals surface area contributed by atoms with Crippen LogP contribution < -0.4 is 5.23 Å². The molecule has 0 rings (SSSR count). The van der Waals surface area contributed by atoms with Crippen LogP contribution in [0.5, 0.6) is 0 Å². The first-order chi connectivity index (χ1) is 4.31. The van der Waals surface area contributed by atoms with Crippen molar-refractivity contribution in [1.82, 2.24) is 5.23 Å². The summed E-state index contributed by atoms with van der Waals surface area (Å²) in [6, 6.07) is 0.213. The van der Waals surface area contributed by atoms with Gasteiger partial charge in [0.1, 0.15) is 0 Å². The van der Waals surface area contributed by atoms with Gasteiger partial charge in [0.15, 0.2) is 7.98 Å². The molecule has 0 heterocycles. The lowest BCUT2D eigenvalue weighted by Crippen LogP contribution is -2.27. The number of ether oxygens (including phenoxy) is 1. The molecule has 0 amide bonds. The first kappa shape index (κ1) is 8.72. The van der Waals surface area contributed by atoms with E-state index in [4.69, 9.17) is 12.7 Å². The molecule has 2 nitrogen and oxygen atoms in total. The van der Waals surface area contributed by atoms with E-state index in [1.54, 1.807) is 6.08 Å². The van der Waals surface area contributed by atoms with Gasteiger partial charge in [0.05, 0.1) is 13.2 Å². The Labute approximate surface area is 57.7 Å². The molecule has 0 aliphatic heterocycles. The third-order valence-corrected chi connectivity index (χ3v) is 0.888. The van der Waals surface area contributed by atoms with Crippen molar-refractivity contribution in [1.29, 1.82) is 0 Å². The highest BCUT2D eigenvalue weighted by molar-refractivity contribution is 6.04. The summed E-state index contributed by atoms with van der Waals surface area (Å²) in [7, 11) is 5.10. The van der Waals surface area contributed by atoms with E-state index in [-0.39, 0.29) is 6.04 Å². The molecule has 9 heavy (non-hydrogen) atoms. The van der Waals surface area contributed by atoms with Crippen LogP contribution in [0.3, 0.4) is 0 Å². The average Bonchev–Trinajstić information content (AvgIpc) is 1.89. The lowest BCUT2D eigenvalue weighted by molar-refractivity contribution is 0.147. The van der Waals surface area contributed by atoms with Crippen molar-refractivity contribution in [3.8, 4) is 0 Å². The molecule has 0 aromatic heterocycles. The molecule has 0 fully saturated rings. The number of rotatable bonds is 5. The zero-order chi connectivity index (χ0) is 7.11. The summed E-state index contributed by atoms with van der Waals surface area (Å²) in [5.74, 6) is 0. The van der Waals surface area contributed by atoms with E-state index in [0.29, 0.717) is 13.2 Å². The quantitative estimate of drug-likeness (QED) is 0.323. The smallest absolute Gasteiger partial charge is 0.178 e. The minimum absolute atomic E-state index is 0.213. The molecular formula is C6H12BNO. The summed E-state index contributed by atoms with van der Waals surface area (Å²) >= 11 is 0. The summed E-state index contributed by atoms with van der Waals surface area (Å²) in [5, 5.41) is 2.56. The molecule has 1 atom stereocenters. The van der Waals surface area contributed by atoms with E-state index in [2.05, 4.69) is 11.8 Å². The zero-order valence-corrected chi connectivity index (χ0v) is 5.76. The Morgan fingerprint density at radius 2 is 2.56 bits per heavy atom. The van der Waals surface area contributed by atoms with Gasteiger partial charge in [-0.05, 0) is 6.92 Å².